The Morgan fingerprint density at radius 2 is 1.71 bits per heavy atom. The maximum atomic E-state index is 12.5. The lowest BCUT2D eigenvalue weighted by molar-refractivity contribution is 0.0669. The fraction of sp³-hybridized carbons (Fsp3) is 0.611. The molecule has 1 saturated heterocycles. The Kier molecular flexibility index (Phi) is 5.80. The molecule has 0 bridgehead atoms. The minimum absolute atomic E-state index is 0.191. The van der Waals surface area contributed by atoms with Crippen LogP contribution in [-0.4, -0.2) is 48.4 Å². The smallest absolute Gasteiger partial charge is 0.253 e. The molecule has 1 aliphatic rings. The van der Waals surface area contributed by atoms with Gasteiger partial charge in [0, 0.05) is 25.2 Å². The summed E-state index contributed by atoms with van der Waals surface area (Å²) in [7, 11) is 0. The van der Waals surface area contributed by atoms with Gasteiger partial charge in [-0.2, -0.15) is 0 Å². The first-order valence-corrected chi connectivity index (χ1v) is 8.22. The number of benzene rings is 1. The van der Waals surface area contributed by atoms with Crippen molar-refractivity contribution < 1.29 is 4.79 Å². The van der Waals surface area contributed by atoms with Crippen molar-refractivity contribution in [3.8, 4) is 0 Å². The minimum Gasteiger partial charge on any atom is -0.339 e. The van der Waals surface area contributed by atoms with Crippen LogP contribution in [0.1, 0.15) is 42.6 Å². The molecule has 1 heterocycles. The van der Waals surface area contributed by atoms with E-state index in [0.29, 0.717) is 0 Å². The van der Waals surface area contributed by atoms with Gasteiger partial charge in [-0.15, -0.1) is 0 Å². The van der Waals surface area contributed by atoms with Gasteiger partial charge in [0.1, 0.15) is 0 Å². The molecule has 1 fully saturated rings. The van der Waals surface area contributed by atoms with Crippen LogP contribution in [0.5, 0.6) is 0 Å². The molecule has 0 radical (unpaired) electrons. The summed E-state index contributed by atoms with van der Waals surface area (Å²) in [4.78, 5) is 17.0. The van der Waals surface area contributed by atoms with Gasteiger partial charge in [0.15, 0.2) is 0 Å². The highest BCUT2D eigenvalue weighted by Gasteiger charge is 2.24. The monoisotopic (exact) mass is 288 g/mol. The quantitative estimate of drug-likeness (QED) is 0.831. The first-order valence-electron chi connectivity index (χ1n) is 8.22. The highest BCUT2D eigenvalue weighted by Crippen LogP contribution is 2.20. The Balaban J connectivity index is 1.86. The maximum absolute atomic E-state index is 12.5. The van der Waals surface area contributed by atoms with E-state index in [-0.39, 0.29) is 5.91 Å². The number of carbonyl (C=O) groups excluding carboxylic acids is 1. The van der Waals surface area contributed by atoms with E-state index >= 15 is 0 Å². The molecule has 0 N–H and O–H groups in total. The average molecular weight is 288 g/mol. The van der Waals surface area contributed by atoms with Crippen LogP contribution in [0.4, 0.5) is 0 Å². The summed E-state index contributed by atoms with van der Waals surface area (Å²) in [5.74, 6) is 0.934. The van der Waals surface area contributed by atoms with Gasteiger partial charge in [-0.3, -0.25) is 4.79 Å². The zero-order chi connectivity index (χ0) is 15.2. The van der Waals surface area contributed by atoms with Crippen LogP contribution < -0.4 is 0 Å². The van der Waals surface area contributed by atoms with Crippen molar-refractivity contribution in [3.63, 3.8) is 0 Å². The summed E-state index contributed by atoms with van der Waals surface area (Å²) in [6.07, 6.45) is 2.27. The van der Waals surface area contributed by atoms with Gasteiger partial charge >= 0.3 is 0 Å². The Bertz CT molecular complexity index is 443. The fourth-order valence-corrected chi connectivity index (χ4v) is 3.04. The number of rotatable bonds is 5. The normalized spacial score (nSPS) is 16.5. The van der Waals surface area contributed by atoms with Crippen molar-refractivity contribution in [2.75, 3.05) is 32.7 Å². The molecule has 0 atom stereocenters. The molecule has 2 rings (SSSR count). The number of nitrogens with zero attached hydrogens (tertiary/aromatic N) is 2. The second-order valence-corrected chi connectivity index (χ2v) is 6.09. The molecule has 1 aliphatic heterocycles. The molecule has 0 aliphatic carbocycles. The molecule has 1 amide bonds. The van der Waals surface area contributed by atoms with Gasteiger partial charge < -0.3 is 9.80 Å². The van der Waals surface area contributed by atoms with Crippen molar-refractivity contribution in [2.24, 2.45) is 5.92 Å². The topological polar surface area (TPSA) is 23.6 Å². The van der Waals surface area contributed by atoms with Crippen LogP contribution in [0, 0.1) is 12.8 Å². The van der Waals surface area contributed by atoms with Crippen LogP contribution in [0.25, 0.3) is 0 Å². The van der Waals surface area contributed by atoms with Gasteiger partial charge in [0.05, 0.1) is 0 Å². The largest absolute Gasteiger partial charge is 0.339 e. The third-order valence-corrected chi connectivity index (χ3v) is 4.61. The van der Waals surface area contributed by atoms with Crippen LogP contribution in [0.3, 0.4) is 0 Å². The van der Waals surface area contributed by atoms with Gasteiger partial charge in [0.25, 0.3) is 5.91 Å². The molecule has 116 valence electrons. The molecule has 0 saturated carbocycles. The molecular weight excluding hydrogens is 260 g/mol. The number of piperidine rings is 1. The molecule has 3 nitrogen and oxygen atoms in total. The first-order chi connectivity index (χ1) is 10.1. The van der Waals surface area contributed by atoms with E-state index in [4.69, 9.17) is 0 Å². The van der Waals surface area contributed by atoms with Crippen LogP contribution in [-0.2, 0) is 0 Å². The predicted molar refractivity (Wildman–Crippen MR) is 87.6 cm³/mol. The SMILES string of the molecule is CCN(CC)CC1CCN(C(=O)c2ccc(C)cc2)CC1. The Morgan fingerprint density at radius 3 is 2.24 bits per heavy atom. The lowest BCUT2D eigenvalue weighted by Gasteiger charge is -2.34. The van der Waals surface area contributed by atoms with E-state index in [9.17, 15) is 4.79 Å². The number of hydrogen-bond donors (Lipinski definition) is 0. The lowest BCUT2D eigenvalue weighted by Crippen LogP contribution is -2.41. The molecule has 21 heavy (non-hydrogen) atoms. The molecule has 1 aromatic rings. The molecular formula is C18H28N2O. The fourth-order valence-electron chi connectivity index (χ4n) is 3.04. The van der Waals surface area contributed by atoms with Crippen molar-refractivity contribution >= 4 is 5.91 Å². The maximum Gasteiger partial charge on any atom is 0.253 e. The number of hydrogen-bond acceptors (Lipinski definition) is 2. The van der Waals surface area contributed by atoms with Crippen LogP contribution in [0.2, 0.25) is 0 Å². The van der Waals surface area contributed by atoms with Gasteiger partial charge in [-0.25, -0.2) is 0 Å². The van der Waals surface area contributed by atoms with Crippen LogP contribution >= 0.6 is 0 Å². The molecule has 0 spiro atoms. The second kappa shape index (κ2) is 7.60. The van der Waals surface area contributed by atoms with Crippen molar-refractivity contribution in [2.45, 2.75) is 33.6 Å². The Labute approximate surface area is 128 Å². The zero-order valence-corrected chi connectivity index (χ0v) is 13.6. The third kappa shape index (κ3) is 4.31. The number of likely N-dealkylation sites (tertiary alicyclic amines) is 1. The molecule has 3 heteroatoms. The van der Waals surface area contributed by atoms with Crippen molar-refractivity contribution in [1.82, 2.24) is 9.80 Å². The van der Waals surface area contributed by atoms with Crippen LogP contribution in [0.15, 0.2) is 24.3 Å². The van der Waals surface area contributed by atoms with E-state index in [1.807, 2.05) is 36.1 Å². The van der Waals surface area contributed by atoms with E-state index in [0.717, 1.165) is 50.5 Å². The summed E-state index contributed by atoms with van der Waals surface area (Å²) in [6, 6.07) is 7.92. The van der Waals surface area contributed by atoms with E-state index < -0.39 is 0 Å². The molecule has 0 aromatic heterocycles. The lowest BCUT2D eigenvalue weighted by atomic mass is 9.95. The number of carbonyl (C=O) groups is 1. The van der Waals surface area contributed by atoms with Crippen molar-refractivity contribution in [3.05, 3.63) is 35.4 Å². The summed E-state index contributed by atoms with van der Waals surface area (Å²) in [6.45, 7) is 11.7. The summed E-state index contributed by atoms with van der Waals surface area (Å²) < 4.78 is 0. The average Bonchev–Trinajstić information content (AvgIpc) is 2.53. The van der Waals surface area contributed by atoms with Gasteiger partial charge in [0.2, 0.25) is 0 Å². The summed E-state index contributed by atoms with van der Waals surface area (Å²) >= 11 is 0. The predicted octanol–water partition coefficient (Wildman–Crippen LogP) is 3.19. The van der Waals surface area contributed by atoms with E-state index in [1.54, 1.807) is 0 Å². The Hall–Kier alpha value is -1.35. The number of amides is 1. The first kappa shape index (κ1) is 16.0. The number of aryl methyl sites for hydroxylation is 1. The van der Waals surface area contributed by atoms with E-state index in [2.05, 4.69) is 18.7 Å². The van der Waals surface area contributed by atoms with Gasteiger partial charge in [-0.05, 0) is 50.9 Å². The standard InChI is InChI=1S/C18H28N2O/c1-4-19(5-2)14-16-10-12-20(13-11-16)18(21)17-8-6-15(3)7-9-17/h6-9,16H,4-5,10-14H2,1-3H3. The second-order valence-electron chi connectivity index (χ2n) is 6.09. The highest BCUT2D eigenvalue weighted by molar-refractivity contribution is 5.94. The Morgan fingerprint density at radius 1 is 1.14 bits per heavy atom. The van der Waals surface area contributed by atoms with Gasteiger partial charge in [-0.1, -0.05) is 31.5 Å². The summed E-state index contributed by atoms with van der Waals surface area (Å²) in [5, 5.41) is 0. The van der Waals surface area contributed by atoms with Crippen molar-refractivity contribution in [1.29, 1.82) is 0 Å². The summed E-state index contributed by atoms with van der Waals surface area (Å²) in [5.41, 5.74) is 2.02. The minimum atomic E-state index is 0.191. The third-order valence-electron chi connectivity index (χ3n) is 4.61. The highest BCUT2D eigenvalue weighted by atomic mass is 16.2. The molecule has 1 aromatic carbocycles. The molecule has 0 unspecified atom stereocenters. The van der Waals surface area contributed by atoms with E-state index in [1.165, 1.54) is 12.1 Å². The zero-order valence-electron chi connectivity index (χ0n) is 13.6.